The number of hydrogen-bond donors (Lipinski definition) is 3. The van der Waals surface area contributed by atoms with Gasteiger partial charge in [-0.25, -0.2) is 4.79 Å². The Morgan fingerprint density at radius 2 is 1.55 bits per heavy atom. The number of benzene rings is 3. The predicted molar refractivity (Wildman–Crippen MR) is 156 cm³/mol. The maximum absolute atomic E-state index is 14.2. The van der Waals surface area contributed by atoms with E-state index >= 15 is 0 Å². The van der Waals surface area contributed by atoms with Crippen LogP contribution in [0.3, 0.4) is 0 Å². The van der Waals surface area contributed by atoms with E-state index in [4.69, 9.17) is 4.74 Å². The number of aromatic hydroxyl groups is 1. The zero-order chi connectivity index (χ0) is 29.4. The molecule has 8 nitrogen and oxygen atoms in total. The van der Waals surface area contributed by atoms with Crippen LogP contribution < -0.4 is 10.6 Å². The smallest absolute Gasteiger partial charge is 0.408 e. The first-order chi connectivity index (χ1) is 18.9. The van der Waals surface area contributed by atoms with E-state index in [1.165, 1.54) is 17.0 Å². The fraction of sp³-hybridized carbons (Fsp3) is 0.344. The standard InChI is InChI=1S/C32H39N3O5/c1-7-35(30(38)26(19-23-15-9-8-10-16-23)33-31(39)40-32(4,5)6)28(24-17-12-18-25(36)20-24)29(37)34-27-21(2)13-11-14-22(27)3/h8-18,20,26,28,36H,7,19H2,1-6H3,(H,33,39)(H,34,37). The molecule has 0 fully saturated rings. The van der Waals surface area contributed by atoms with Crippen LogP contribution in [0.5, 0.6) is 5.75 Å². The number of aryl methyl sites for hydroxylation is 2. The van der Waals surface area contributed by atoms with Crippen molar-refractivity contribution in [2.24, 2.45) is 0 Å². The first kappa shape index (κ1) is 30.2. The minimum absolute atomic E-state index is 0.0291. The molecule has 3 aromatic carbocycles. The van der Waals surface area contributed by atoms with Crippen LogP contribution in [0.25, 0.3) is 0 Å². The third-order valence-corrected chi connectivity index (χ3v) is 6.37. The number of alkyl carbamates (subject to hydrolysis) is 1. The molecule has 0 aliphatic rings. The monoisotopic (exact) mass is 545 g/mol. The van der Waals surface area contributed by atoms with E-state index in [1.54, 1.807) is 39.8 Å². The predicted octanol–water partition coefficient (Wildman–Crippen LogP) is 5.67. The Morgan fingerprint density at radius 1 is 0.925 bits per heavy atom. The summed E-state index contributed by atoms with van der Waals surface area (Å²) in [6.45, 7) is 11.0. The van der Waals surface area contributed by atoms with Crippen molar-refractivity contribution in [2.45, 2.75) is 65.6 Å². The molecule has 0 aliphatic carbocycles. The average Bonchev–Trinajstić information content (AvgIpc) is 2.88. The zero-order valence-corrected chi connectivity index (χ0v) is 24.0. The molecule has 0 aromatic heterocycles. The molecule has 0 spiro atoms. The lowest BCUT2D eigenvalue weighted by Crippen LogP contribution is -2.53. The number of phenolic OH excluding ortho intramolecular Hbond substituents is 1. The zero-order valence-electron chi connectivity index (χ0n) is 24.0. The van der Waals surface area contributed by atoms with E-state index < -0.39 is 35.6 Å². The largest absolute Gasteiger partial charge is 0.508 e. The number of carbonyl (C=O) groups excluding carboxylic acids is 3. The topological polar surface area (TPSA) is 108 Å². The van der Waals surface area contributed by atoms with E-state index in [2.05, 4.69) is 10.6 Å². The van der Waals surface area contributed by atoms with Gasteiger partial charge < -0.3 is 25.4 Å². The minimum Gasteiger partial charge on any atom is -0.508 e. The highest BCUT2D eigenvalue weighted by molar-refractivity contribution is 6.00. The summed E-state index contributed by atoms with van der Waals surface area (Å²) in [6.07, 6.45) is -0.535. The third-order valence-electron chi connectivity index (χ3n) is 6.37. The second kappa shape index (κ2) is 13.2. The van der Waals surface area contributed by atoms with E-state index in [-0.39, 0.29) is 18.7 Å². The number of carbonyl (C=O) groups is 3. The summed E-state index contributed by atoms with van der Waals surface area (Å²) in [5, 5.41) is 16.0. The van der Waals surface area contributed by atoms with Crippen molar-refractivity contribution in [3.8, 4) is 5.75 Å². The van der Waals surface area contributed by atoms with Gasteiger partial charge in [-0.2, -0.15) is 0 Å². The molecule has 3 N–H and O–H groups in total. The SMILES string of the molecule is CCN(C(=O)C(Cc1ccccc1)NC(=O)OC(C)(C)C)C(C(=O)Nc1c(C)cccc1C)c1cccc(O)c1. The number of nitrogens with one attached hydrogen (secondary N) is 2. The number of amides is 3. The fourth-order valence-electron chi connectivity index (χ4n) is 4.54. The van der Waals surface area contributed by atoms with Gasteiger partial charge in [0.1, 0.15) is 23.4 Å². The van der Waals surface area contributed by atoms with E-state index in [0.717, 1.165) is 16.7 Å². The lowest BCUT2D eigenvalue weighted by atomic mass is 9.99. The average molecular weight is 546 g/mol. The summed E-state index contributed by atoms with van der Waals surface area (Å²) in [4.78, 5) is 42.3. The van der Waals surface area contributed by atoms with Crippen molar-refractivity contribution in [3.63, 3.8) is 0 Å². The van der Waals surface area contributed by atoms with Crippen LogP contribution in [-0.2, 0) is 20.7 Å². The Balaban J connectivity index is 2.02. The molecule has 0 saturated heterocycles. The molecule has 3 amide bonds. The summed E-state index contributed by atoms with van der Waals surface area (Å²) in [7, 11) is 0. The Hall–Kier alpha value is -4.33. The molecule has 3 rings (SSSR count). The first-order valence-corrected chi connectivity index (χ1v) is 13.4. The van der Waals surface area contributed by atoms with E-state index in [1.807, 2.05) is 62.4 Å². The fourth-order valence-corrected chi connectivity index (χ4v) is 4.54. The lowest BCUT2D eigenvalue weighted by Gasteiger charge is -2.34. The van der Waals surface area contributed by atoms with Crippen molar-refractivity contribution in [1.82, 2.24) is 10.2 Å². The molecule has 0 aliphatic heterocycles. The van der Waals surface area contributed by atoms with Crippen LogP contribution in [0, 0.1) is 13.8 Å². The summed E-state index contributed by atoms with van der Waals surface area (Å²) in [6, 6.07) is 19.2. The van der Waals surface area contributed by atoms with Crippen LogP contribution in [0.2, 0.25) is 0 Å². The van der Waals surface area contributed by atoms with Crippen LogP contribution in [0.4, 0.5) is 10.5 Å². The molecule has 0 heterocycles. The highest BCUT2D eigenvalue weighted by Gasteiger charge is 2.36. The Kier molecular flexibility index (Phi) is 9.93. The molecule has 0 saturated carbocycles. The molecular formula is C32H39N3O5. The van der Waals surface area contributed by atoms with Gasteiger partial charge in [0.05, 0.1) is 0 Å². The van der Waals surface area contributed by atoms with Gasteiger partial charge in [-0.05, 0) is 75.9 Å². The number of anilines is 1. The van der Waals surface area contributed by atoms with E-state index in [0.29, 0.717) is 11.3 Å². The molecule has 0 radical (unpaired) electrons. The minimum atomic E-state index is -1.08. The van der Waals surface area contributed by atoms with Gasteiger partial charge in [0.15, 0.2) is 0 Å². The summed E-state index contributed by atoms with van der Waals surface area (Å²) in [5.41, 5.74) is 2.94. The molecule has 2 unspecified atom stereocenters. The molecule has 2 atom stereocenters. The lowest BCUT2D eigenvalue weighted by molar-refractivity contribution is -0.140. The Bertz CT molecular complexity index is 1310. The summed E-state index contributed by atoms with van der Waals surface area (Å²) in [5.74, 6) is -0.922. The number of nitrogens with zero attached hydrogens (tertiary/aromatic N) is 1. The Labute approximate surface area is 236 Å². The van der Waals surface area contributed by atoms with Gasteiger partial charge >= 0.3 is 6.09 Å². The quantitative estimate of drug-likeness (QED) is 0.321. The van der Waals surface area contributed by atoms with Gasteiger partial charge in [-0.1, -0.05) is 60.7 Å². The molecule has 0 bridgehead atoms. The molecular weight excluding hydrogens is 506 g/mol. The highest BCUT2D eigenvalue weighted by Crippen LogP contribution is 2.28. The van der Waals surface area contributed by atoms with Crippen LogP contribution >= 0.6 is 0 Å². The normalized spacial score (nSPS) is 12.7. The number of ether oxygens (including phenoxy) is 1. The maximum Gasteiger partial charge on any atom is 0.408 e. The third kappa shape index (κ3) is 8.09. The van der Waals surface area contributed by atoms with Gasteiger partial charge in [0.25, 0.3) is 5.91 Å². The van der Waals surface area contributed by atoms with Crippen molar-refractivity contribution >= 4 is 23.6 Å². The van der Waals surface area contributed by atoms with Crippen LogP contribution in [0.1, 0.15) is 56.0 Å². The molecule has 3 aromatic rings. The van der Waals surface area contributed by atoms with Gasteiger partial charge in [-0.15, -0.1) is 0 Å². The van der Waals surface area contributed by atoms with Crippen LogP contribution in [-0.4, -0.2) is 46.1 Å². The number of hydrogen-bond acceptors (Lipinski definition) is 5. The molecule has 212 valence electrons. The molecule has 40 heavy (non-hydrogen) atoms. The summed E-state index contributed by atoms with van der Waals surface area (Å²) >= 11 is 0. The molecule has 8 heteroatoms. The van der Waals surface area contributed by atoms with Gasteiger partial charge in [0.2, 0.25) is 5.91 Å². The number of para-hydroxylation sites is 1. The van der Waals surface area contributed by atoms with E-state index in [9.17, 15) is 19.5 Å². The van der Waals surface area contributed by atoms with Gasteiger partial charge in [-0.3, -0.25) is 9.59 Å². The van der Waals surface area contributed by atoms with Crippen LogP contribution in [0.15, 0.2) is 72.8 Å². The number of likely N-dealkylation sites (N-methyl/N-ethyl adjacent to an activating group) is 1. The second-order valence-electron chi connectivity index (χ2n) is 10.8. The van der Waals surface area contributed by atoms with Crippen molar-refractivity contribution in [1.29, 1.82) is 0 Å². The second-order valence-corrected chi connectivity index (χ2v) is 10.8. The summed E-state index contributed by atoms with van der Waals surface area (Å²) < 4.78 is 5.45. The Morgan fingerprint density at radius 3 is 2.12 bits per heavy atom. The van der Waals surface area contributed by atoms with Crippen molar-refractivity contribution in [2.75, 3.05) is 11.9 Å². The number of phenols is 1. The van der Waals surface area contributed by atoms with Crippen molar-refractivity contribution < 1.29 is 24.2 Å². The van der Waals surface area contributed by atoms with Crippen molar-refractivity contribution in [3.05, 3.63) is 95.1 Å². The first-order valence-electron chi connectivity index (χ1n) is 13.4. The van der Waals surface area contributed by atoms with Gasteiger partial charge in [0, 0.05) is 18.7 Å². The maximum atomic E-state index is 14.2. The number of rotatable bonds is 9. The highest BCUT2D eigenvalue weighted by atomic mass is 16.6.